The van der Waals surface area contributed by atoms with Crippen LogP contribution in [0.2, 0.25) is 0 Å². The summed E-state index contributed by atoms with van der Waals surface area (Å²) in [4.78, 5) is 0. The molecule has 0 heterocycles. The number of rotatable bonds is 0. The zero-order chi connectivity index (χ0) is 6.85. The summed E-state index contributed by atoms with van der Waals surface area (Å²) in [6.45, 7) is 3.79. The van der Waals surface area contributed by atoms with Crippen LogP contribution < -0.4 is 24.0 Å². The van der Waals surface area contributed by atoms with Crippen molar-refractivity contribution in [1.29, 1.82) is 0 Å². The summed E-state index contributed by atoms with van der Waals surface area (Å²) < 4.78 is 0. The fourth-order valence-corrected chi connectivity index (χ4v) is 0.724. The van der Waals surface area contributed by atoms with E-state index in [9.17, 15) is 5.11 Å². The molecule has 0 saturated carbocycles. The molecule has 48 valence electrons. The van der Waals surface area contributed by atoms with Crippen molar-refractivity contribution in [3.05, 3.63) is 29.3 Å². The SMILES string of the molecule is Cc1cccc([O-])c1C.[Li+]. The molecule has 0 unspecified atom stereocenters. The van der Waals surface area contributed by atoms with Crippen molar-refractivity contribution < 1.29 is 24.0 Å². The molecule has 0 radical (unpaired) electrons. The normalized spacial score (nSPS) is 8.60. The third-order valence-electron chi connectivity index (χ3n) is 1.55. The van der Waals surface area contributed by atoms with Gasteiger partial charge in [-0.15, -0.1) is 5.75 Å². The number of hydrogen-bond donors (Lipinski definition) is 0. The van der Waals surface area contributed by atoms with E-state index in [1.807, 2.05) is 19.9 Å². The van der Waals surface area contributed by atoms with Crippen LogP contribution in [0.3, 0.4) is 0 Å². The van der Waals surface area contributed by atoms with E-state index in [0.29, 0.717) is 0 Å². The van der Waals surface area contributed by atoms with Crippen molar-refractivity contribution in [2.24, 2.45) is 0 Å². The van der Waals surface area contributed by atoms with Crippen molar-refractivity contribution in [3.63, 3.8) is 0 Å². The summed E-state index contributed by atoms with van der Waals surface area (Å²) in [5.41, 5.74) is 1.93. The molecule has 0 fully saturated rings. The van der Waals surface area contributed by atoms with E-state index in [1.165, 1.54) is 0 Å². The molecule has 0 spiro atoms. The number of benzene rings is 1. The maximum absolute atomic E-state index is 10.8. The summed E-state index contributed by atoms with van der Waals surface area (Å²) in [6.07, 6.45) is 0. The molecule has 0 saturated heterocycles. The molecule has 0 aliphatic carbocycles. The quantitative estimate of drug-likeness (QED) is 0.385. The average Bonchev–Trinajstić information content (AvgIpc) is 1.83. The smallest absolute Gasteiger partial charge is 0.872 e. The third kappa shape index (κ3) is 1.80. The van der Waals surface area contributed by atoms with Crippen LogP contribution in [0.15, 0.2) is 18.2 Å². The molecule has 0 amide bonds. The molecule has 1 aromatic rings. The Balaban J connectivity index is 0.000000810. The first-order valence-electron chi connectivity index (χ1n) is 2.95. The van der Waals surface area contributed by atoms with Crippen LogP contribution in [-0.4, -0.2) is 0 Å². The molecular weight excluding hydrogens is 119 g/mol. The Kier molecular flexibility index (Phi) is 3.56. The predicted octanol–water partition coefficient (Wildman–Crippen LogP) is -1.62. The molecular formula is C8H9LiO. The van der Waals surface area contributed by atoms with E-state index in [0.717, 1.165) is 11.1 Å². The van der Waals surface area contributed by atoms with E-state index in [1.54, 1.807) is 12.1 Å². The van der Waals surface area contributed by atoms with E-state index >= 15 is 0 Å². The Labute approximate surface area is 73.3 Å². The van der Waals surface area contributed by atoms with Gasteiger partial charge in [0.15, 0.2) is 0 Å². The Bertz CT molecular complexity index is 200. The van der Waals surface area contributed by atoms with Crippen LogP contribution in [0.25, 0.3) is 0 Å². The van der Waals surface area contributed by atoms with Gasteiger partial charge in [0.05, 0.1) is 0 Å². The van der Waals surface area contributed by atoms with Crippen LogP contribution in [0.4, 0.5) is 0 Å². The standard InChI is InChI=1S/C8H10O.Li/c1-6-4-3-5-8(9)7(6)2;/h3-5,9H,1-2H3;/q;+1/p-1. The van der Waals surface area contributed by atoms with E-state index in [4.69, 9.17) is 0 Å². The van der Waals surface area contributed by atoms with Gasteiger partial charge in [0, 0.05) is 0 Å². The molecule has 0 aromatic heterocycles. The van der Waals surface area contributed by atoms with E-state index in [-0.39, 0.29) is 24.6 Å². The van der Waals surface area contributed by atoms with Crippen molar-refractivity contribution in [2.45, 2.75) is 13.8 Å². The topological polar surface area (TPSA) is 23.1 Å². The number of hydrogen-bond acceptors (Lipinski definition) is 1. The average molecular weight is 128 g/mol. The first-order valence-corrected chi connectivity index (χ1v) is 2.95. The minimum atomic E-state index is 0. The second-order valence-corrected chi connectivity index (χ2v) is 2.20. The zero-order valence-electron chi connectivity index (χ0n) is 6.64. The minimum absolute atomic E-state index is 0. The van der Waals surface area contributed by atoms with Crippen LogP contribution in [0.5, 0.6) is 5.75 Å². The molecule has 0 atom stereocenters. The van der Waals surface area contributed by atoms with Crippen molar-refractivity contribution >= 4 is 0 Å². The maximum Gasteiger partial charge on any atom is 1.00 e. The fourth-order valence-electron chi connectivity index (χ4n) is 0.724. The molecule has 0 bridgehead atoms. The van der Waals surface area contributed by atoms with Crippen LogP contribution in [0.1, 0.15) is 11.1 Å². The molecule has 2 heteroatoms. The summed E-state index contributed by atoms with van der Waals surface area (Å²) in [7, 11) is 0. The van der Waals surface area contributed by atoms with Gasteiger partial charge in [-0.05, 0) is 19.4 Å². The van der Waals surface area contributed by atoms with Gasteiger partial charge < -0.3 is 5.11 Å². The Morgan fingerprint density at radius 3 is 2.20 bits per heavy atom. The van der Waals surface area contributed by atoms with E-state index in [2.05, 4.69) is 0 Å². The molecule has 1 rings (SSSR count). The zero-order valence-corrected chi connectivity index (χ0v) is 6.64. The molecule has 1 nitrogen and oxygen atoms in total. The third-order valence-corrected chi connectivity index (χ3v) is 1.55. The number of aryl methyl sites for hydroxylation is 1. The van der Waals surface area contributed by atoms with Crippen molar-refractivity contribution in [3.8, 4) is 5.75 Å². The van der Waals surface area contributed by atoms with Gasteiger partial charge in [0.2, 0.25) is 0 Å². The summed E-state index contributed by atoms with van der Waals surface area (Å²) in [5.74, 6) is 0.134. The van der Waals surface area contributed by atoms with Crippen LogP contribution >= 0.6 is 0 Å². The monoisotopic (exact) mass is 128 g/mol. The van der Waals surface area contributed by atoms with Gasteiger partial charge in [0.1, 0.15) is 0 Å². The minimum Gasteiger partial charge on any atom is -0.872 e. The maximum atomic E-state index is 10.8. The largest absolute Gasteiger partial charge is 1.00 e. The fraction of sp³-hybridized carbons (Fsp3) is 0.250. The van der Waals surface area contributed by atoms with Gasteiger partial charge in [0.25, 0.3) is 0 Å². The Morgan fingerprint density at radius 1 is 1.20 bits per heavy atom. The Morgan fingerprint density at radius 2 is 1.80 bits per heavy atom. The van der Waals surface area contributed by atoms with Crippen molar-refractivity contribution in [1.82, 2.24) is 0 Å². The predicted molar refractivity (Wildman–Crippen MR) is 35.4 cm³/mol. The van der Waals surface area contributed by atoms with Gasteiger partial charge in [-0.25, -0.2) is 0 Å². The molecule has 1 aromatic carbocycles. The first-order chi connectivity index (χ1) is 4.22. The van der Waals surface area contributed by atoms with Gasteiger partial charge in [-0.1, -0.05) is 23.8 Å². The second-order valence-electron chi connectivity index (χ2n) is 2.20. The Hall–Kier alpha value is -0.383. The van der Waals surface area contributed by atoms with Crippen molar-refractivity contribution in [2.75, 3.05) is 0 Å². The van der Waals surface area contributed by atoms with Gasteiger partial charge in [-0.2, -0.15) is 0 Å². The van der Waals surface area contributed by atoms with Crippen LogP contribution in [0, 0.1) is 13.8 Å². The van der Waals surface area contributed by atoms with E-state index < -0.39 is 0 Å². The second kappa shape index (κ2) is 3.70. The molecule has 10 heavy (non-hydrogen) atoms. The van der Waals surface area contributed by atoms with Crippen LogP contribution in [-0.2, 0) is 0 Å². The summed E-state index contributed by atoms with van der Waals surface area (Å²) >= 11 is 0. The summed E-state index contributed by atoms with van der Waals surface area (Å²) in [5, 5.41) is 10.8. The molecule has 0 N–H and O–H groups in total. The first kappa shape index (κ1) is 9.62. The molecule has 0 aliphatic rings. The van der Waals surface area contributed by atoms with Gasteiger partial charge >= 0.3 is 18.9 Å². The molecule has 0 aliphatic heterocycles. The van der Waals surface area contributed by atoms with Gasteiger partial charge in [-0.3, -0.25) is 0 Å². The summed E-state index contributed by atoms with van der Waals surface area (Å²) in [6, 6.07) is 5.31.